The number of alkyl halides is 8. The lowest BCUT2D eigenvalue weighted by Gasteiger charge is -2.42. The summed E-state index contributed by atoms with van der Waals surface area (Å²) in [5.41, 5.74) is 0. The molecule has 20 heteroatoms. The molecule has 2 aliphatic rings. The van der Waals surface area contributed by atoms with Crippen LogP contribution in [-0.2, 0) is 22.6 Å². The van der Waals surface area contributed by atoms with E-state index in [1.54, 1.807) is 0 Å². The lowest BCUT2D eigenvalue weighted by Crippen LogP contribution is -2.64. The molecule has 2 aliphatic heterocycles. The van der Waals surface area contributed by atoms with Crippen LogP contribution in [0.3, 0.4) is 0 Å². The largest absolute Gasteiger partial charge is 0.533 e. The number of rotatable bonds is 3. The molecular formula is C9H13ClF8N3O5P3. The average Bonchev–Trinajstić information content (AvgIpc) is 2.63. The van der Waals surface area contributed by atoms with Gasteiger partial charge in [0.1, 0.15) is 20.0 Å². The first-order valence-electron chi connectivity index (χ1n) is 7.05. The fraction of sp³-hybridized carbons (Fsp3) is 1.00. The average molecular weight is 524 g/mol. The lowest BCUT2D eigenvalue weighted by atomic mass is 9.99. The smallest absolute Gasteiger partial charge is 0.491 e. The Kier molecular flexibility index (Phi) is 6.86. The molecule has 2 heterocycles. The summed E-state index contributed by atoms with van der Waals surface area (Å²) < 4.78 is 142. The van der Waals surface area contributed by atoms with E-state index in [0.717, 1.165) is 21.3 Å². The van der Waals surface area contributed by atoms with Gasteiger partial charge in [-0.3, -0.25) is 0 Å². The number of hydrogen-bond acceptors (Lipinski definition) is 7. The first-order valence-corrected chi connectivity index (χ1v) is 12.6. The predicted octanol–water partition coefficient (Wildman–Crippen LogP) is 6.71. The lowest BCUT2D eigenvalue weighted by molar-refractivity contribution is -0.371. The second-order valence-corrected chi connectivity index (χ2v) is 13.4. The van der Waals surface area contributed by atoms with Crippen LogP contribution in [0.25, 0.3) is 4.86 Å². The summed E-state index contributed by atoms with van der Waals surface area (Å²) in [5.74, 6) is -24.7. The molecule has 0 aliphatic carbocycles. The normalized spacial score (nSPS) is 37.5. The fourth-order valence-corrected chi connectivity index (χ4v) is 11.8. The van der Waals surface area contributed by atoms with E-state index in [1.807, 2.05) is 0 Å². The minimum absolute atomic E-state index is 0.784. The molecule has 1 fully saturated rings. The van der Waals surface area contributed by atoms with Gasteiger partial charge in [0.05, 0.1) is 14.2 Å². The molecule has 29 heavy (non-hydrogen) atoms. The van der Waals surface area contributed by atoms with Crippen LogP contribution in [0.5, 0.6) is 0 Å². The molecule has 0 aromatic heterocycles. The molecule has 0 radical (unpaired) electrons. The quantitative estimate of drug-likeness (QED) is 0.303. The van der Waals surface area contributed by atoms with E-state index < -0.39 is 59.4 Å². The van der Waals surface area contributed by atoms with E-state index in [4.69, 9.17) is 24.8 Å². The van der Waals surface area contributed by atoms with Gasteiger partial charge in [-0.15, -0.1) is 0 Å². The Morgan fingerprint density at radius 2 is 1.31 bits per heavy atom. The van der Waals surface area contributed by atoms with E-state index >= 15 is 0 Å². The van der Waals surface area contributed by atoms with Gasteiger partial charge < -0.3 is 18.4 Å². The maximum Gasteiger partial charge on any atom is 0.533 e. The van der Waals surface area contributed by atoms with Gasteiger partial charge in [0.15, 0.2) is 7.66 Å². The van der Waals surface area contributed by atoms with Crippen LogP contribution in [-0.4, -0.2) is 58.2 Å². The molecule has 0 aromatic rings. The molecule has 2 rings (SSSR count). The molecular weight excluding hydrogens is 510 g/mol. The number of nitrogens with zero attached hydrogens (tertiary/aromatic N) is 3. The monoisotopic (exact) mass is 523 g/mol. The van der Waals surface area contributed by atoms with Crippen LogP contribution >= 0.6 is 33.7 Å². The van der Waals surface area contributed by atoms with Crippen molar-refractivity contribution in [1.29, 1.82) is 0 Å². The summed E-state index contributed by atoms with van der Waals surface area (Å²) >= 11 is 5.91. The van der Waals surface area contributed by atoms with Crippen LogP contribution in [0, 0.1) is 0 Å². The third kappa shape index (κ3) is 4.22. The zero-order chi connectivity index (χ0) is 22.6. The van der Waals surface area contributed by atoms with Gasteiger partial charge >= 0.3 is 31.7 Å². The fourth-order valence-electron chi connectivity index (χ4n) is 1.89. The zero-order valence-corrected chi connectivity index (χ0v) is 18.0. The zero-order valence-electron chi connectivity index (χ0n) is 14.5. The summed E-state index contributed by atoms with van der Waals surface area (Å²) in [6.07, 6.45) is 0. The summed E-state index contributed by atoms with van der Waals surface area (Å²) in [6, 6.07) is 0. The highest BCUT2D eigenvalue weighted by Gasteiger charge is 2.80. The van der Waals surface area contributed by atoms with E-state index in [1.165, 1.54) is 0 Å². The van der Waals surface area contributed by atoms with Crippen LogP contribution in [0.4, 0.5) is 35.1 Å². The van der Waals surface area contributed by atoms with Crippen LogP contribution in [0.15, 0.2) is 9.03 Å². The molecule has 172 valence electrons. The van der Waals surface area contributed by atoms with E-state index in [0.29, 0.717) is 0 Å². The Morgan fingerprint density at radius 1 is 0.862 bits per heavy atom. The molecule has 2 atom stereocenters. The maximum atomic E-state index is 13.9. The van der Waals surface area contributed by atoms with Crippen LogP contribution in [0.2, 0.25) is 0 Å². The molecule has 1 saturated heterocycles. The van der Waals surface area contributed by atoms with Crippen molar-refractivity contribution in [1.82, 2.24) is 0 Å². The summed E-state index contributed by atoms with van der Waals surface area (Å²) in [6.45, 7) is -9.54. The molecule has 2 bridgehead atoms. The number of fused-ring (bicyclic) bond motifs is 2. The van der Waals surface area contributed by atoms with Crippen molar-refractivity contribution in [3.8, 4) is 0 Å². The highest BCUT2D eigenvalue weighted by molar-refractivity contribution is 8.02. The number of halogens is 9. The SMILES string of the molecule is CO[P@@]12=N[P+](OC)(OC)N=[P@@](Cl)([N-]1)OCC(F)(F)C(F)(F)C(F)(F)C(F)(F)CO2. The maximum absolute atomic E-state index is 13.9. The second-order valence-electron chi connectivity index (χ2n) is 5.37. The Morgan fingerprint density at radius 3 is 1.72 bits per heavy atom. The van der Waals surface area contributed by atoms with Crippen molar-refractivity contribution in [3.63, 3.8) is 0 Å². The second kappa shape index (κ2) is 7.75. The summed E-state index contributed by atoms with van der Waals surface area (Å²) in [5, 5.41) is 0. The topological polar surface area (TPSA) is 85.0 Å². The molecule has 0 N–H and O–H groups in total. The molecule has 0 unspecified atom stereocenters. The Labute approximate surface area is 164 Å². The van der Waals surface area contributed by atoms with Crippen molar-refractivity contribution in [2.45, 2.75) is 23.7 Å². The highest BCUT2D eigenvalue weighted by Crippen LogP contribution is 2.90. The van der Waals surface area contributed by atoms with Crippen molar-refractivity contribution >= 4 is 33.7 Å². The van der Waals surface area contributed by atoms with Gasteiger partial charge in [0, 0.05) is 7.11 Å². The van der Waals surface area contributed by atoms with Crippen molar-refractivity contribution in [2.75, 3.05) is 34.5 Å². The van der Waals surface area contributed by atoms with Gasteiger partial charge in [-0.05, 0) is 9.03 Å². The molecule has 8 nitrogen and oxygen atoms in total. The molecule has 0 aromatic carbocycles. The van der Waals surface area contributed by atoms with Gasteiger partial charge in [0.2, 0.25) is 0 Å². The Bertz CT molecular complexity index is 768. The first-order chi connectivity index (χ1) is 13.0. The van der Waals surface area contributed by atoms with Crippen molar-refractivity contribution < 1.29 is 57.7 Å². The Balaban J connectivity index is 2.74. The molecule has 0 spiro atoms. The molecule has 0 saturated carbocycles. The van der Waals surface area contributed by atoms with Gasteiger partial charge in [-0.1, -0.05) is 11.2 Å². The van der Waals surface area contributed by atoms with Gasteiger partial charge in [0.25, 0.3) is 0 Å². The van der Waals surface area contributed by atoms with Gasteiger partial charge in [-0.2, -0.15) is 44.2 Å². The predicted molar refractivity (Wildman–Crippen MR) is 87.5 cm³/mol. The van der Waals surface area contributed by atoms with E-state index in [2.05, 4.69) is 22.9 Å². The summed E-state index contributed by atoms with van der Waals surface area (Å²) in [4.78, 5) is 3.48. The Hall–Kier alpha value is 0.380. The van der Waals surface area contributed by atoms with E-state index in [9.17, 15) is 35.1 Å². The first kappa shape index (κ1) is 25.6. The van der Waals surface area contributed by atoms with Crippen molar-refractivity contribution in [3.05, 3.63) is 4.86 Å². The highest BCUT2D eigenvalue weighted by atomic mass is 35.7. The third-order valence-corrected chi connectivity index (χ3v) is 12.8. The molecule has 0 amide bonds. The van der Waals surface area contributed by atoms with Gasteiger partial charge in [-0.25, -0.2) is 0 Å². The summed E-state index contributed by atoms with van der Waals surface area (Å²) in [7, 11) is -5.71. The van der Waals surface area contributed by atoms with Crippen LogP contribution in [0.1, 0.15) is 0 Å². The van der Waals surface area contributed by atoms with E-state index in [-0.39, 0.29) is 0 Å². The minimum atomic E-state index is -6.56. The third-order valence-electron chi connectivity index (χ3n) is 3.52. The van der Waals surface area contributed by atoms with Crippen molar-refractivity contribution in [2.24, 2.45) is 9.03 Å². The standard InChI is InChI=1S/C9H13ClF8N3O5P3/c1-22-28(23-2)19-27(10)20-29(21-28,24-3)26-5-7(13,14)9(17,18)8(15,16)6(11,12)4-25-27/h4-5H2,1-3H3/t27-,29-/m0/s1. The van der Waals surface area contributed by atoms with Crippen LogP contribution < -0.4 is 0 Å². The number of hydrogen-bond donors (Lipinski definition) is 0. The minimum Gasteiger partial charge on any atom is -0.491 e.